The summed E-state index contributed by atoms with van der Waals surface area (Å²) in [6.07, 6.45) is -1.49. The lowest BCUT2D eigenvalue weighted by molar-refractivity contribution is -0.149. The lowest BCUT2D eigenvalue weighted by Gasteiger charge is -2.27. The van der Waals surface area contributed by atoms with Gasteiger partial charge in [0.25, 0.3) is 0 Å². The van der Waals surface area contributed by atoms with Crippen molar-refractivity contribution in [2.45, 2.75) is 44.7 Å². The predicted molar refractivity (Wildman–Crippen MR) is 72.8 cm³/mol. The second-order valence-electron chi connectivity index (χ2n) is 5.42. The quantitative estimate of drug-likeness (QED) is 0.766. The minimum Gasteiger partial charge on any atom is -0.466 e. The Labute approximate surface area is 122 Å². The monoisotopic (exact) mass is 300 g/mol. The third kappa shape index (κ3) is 3.99. The molecule has 0 aliphatic heterocycles. The zero-order chi connectivity index (χ0) is 15.5. The number of hydrogen-bond acceptors (Lipinski definition) is 2. The number of ether oxygens (including phenoxy) is 1. The van der Waals surface area contributed by atoms with Crippen LogP contribution in [0.2, 0.25) is 0 Å². The molecule has 116 valence electrons. The molecule has 0 aromatic heterocycles. The number of benzene rings is 1. The average Bonchev–Trinajstić information content (AvgIpc) is 2.47. The number of hydrogen-bond donors (Lipinski definition) is 0. The molecule has 0 unspecified atom stereocenters. The van der Waals surface area contributed by atoms with Crippen molar-refractivity contribution in [2.75, 3.05) is 6.61 Å². The molecular formula is C16H19F3O2. The molecule has 2 nitrogen and oxygen atoms in total. The molecule has 5 heteroatoms. The van der Waals surface area contributed by atoms with E-state index in [-0.39, 0.29) is 17.8 Å². The van der Waals surface area contributed by atoms with Crippen LogP contribution >= 0.6 is 0 Å². The van der Waals surface area contributed by atoms with Crippen molar-refractivity contribution in [3.63, 3.8) is 0 Å². The van der Waals surface area contributed by atoms with E-state index >= 15 is 0 Å². The molecule has 0 amide bonds. The van der Waals surface area contributed by atoms with E-state index in [1.54, 1.807) is 13.0 Å². The second-order valence-corrected chi connectivity index (χ2v) is 5.42. The topological polar surface area (TPSA) is 26.3 Å². The molecule has 0 bridgehead atoms. The Balaban J connectivity index is 2.01. The number of carbonyl (C=O) groups excluding carboxylic acids is 1. The van der Waals surface area contributed by atoms with E-state index in [4.69, 9.17) is 4.74 Å². The lowest BCUT2D eigenvalue weighted by Crippen LogP contribution is -2.23. The van der Waals surface area contributed by atoms with Crippen LogP contribution in [0.3, 0.4) is 0 Å². The fraction of sp³-hybridized carbons (Fsp3) is 0.562. The van der Waals surface area contributed by atoms with Gasteiger partial charge in [-0.15, -0.1) is 0 Å². The van der Waals surface area contributed by atoms with E-state index in [1.807, 2.05) is 0 Å². The molecule has 0 radical (unpaired) electrons. The van der Waals surface area contributed by atoms with E-state index in [9.17, 15) is 18.0 Å². The van der Waals surface area contributed by atoms with Crippen molar-refractivity contribution < 1.29 is 22.7 Å². The minimum atomic E-state index is -4.31. The van der Waals surface area contributed by atoms with Crippen molar-refractivity contribution in [2.24, 2.45) is 5.92 Å². The number of halogens is 3. The maximum Gasteiger partial charge on any atom is 0.416 e. The maximum absolute atomic E-state index is 12.7. The molecule has 0 heterocycles. The molecule has 1 aliphatic carbocycles. The molecule has 1 saturated carbocycles. The molecule has 1 aromatic rings. The van der Waals surface area contributed by atoms with Crippen LogP contribution in [0, 0.1) is 5.92 Å². The third-order valence-corrected chi connectivity index (χ3v) is 4.03. The Hall–Kier alpha value is -1.52. The number of alkyl halides is 3. The van der Waals surface area contributed by atoms with Crippen LogP contribution in [-0.4, -0.2) is 12.6 Å². The fourth-order valence-electron chi connectivity index (χ4n) is 2.89. The molecule has 0 saturated heterocycles. The highest BCUT2D eigenvalue weighted by molar-refractivity contribution is 5.72. The molecule has 0 N–H and O–H groups in total. The lowest BCUT2D eigenvalue weighted by atomic mass is 9.78. The van der Waals surface area contributed by atoms with Gasteiger partial charge in [-0.1, -0.05) is 18.2 Å². The van der Waals surface area contributed by atoms with Crippen LogP contribution in [0.4, 0.5) is 13.2 Å². The zero-order valence-electron chi connectivity index (χ0n) is 12.0. The predicted octanol–water partition coefficient (Wildman–Crippen LogP) is 4.54. The van der Waals surface area contributed by atoms with Gasteiger partial charge in [0.15, 0.2) is 0 Å². The van der Waals surface area contributed by atoms with Crippen LogP contribution in [-0.2, 0) is 15.7 Å². The summed E-state index contributed by atoms with van der Waals surface area (Å²) in [4.78, 5) is 11.7. The minimum absolute atomic E-state index is 0.0953. The Kier molecular flexibility index (Phi) is 4.91. The van der Waals surface area contributed by atoms with Crippen molar-refractivity contribution in [1.29, 1.82) is 0 Å². The largest absolute Gasteiger partial charge is 0.466 e. The number of esters is 1. The molecule has 1 aromatic carbocycles. The first-order valence-electron chi connectivity index (χ1n) is 7.25. The van der Waals surface area contributed by atoms with E-state index in [2.05, 4.69) is 0 Å². The van der Waals surface area contributed by atoms with Crippen LogP contribution in [0.25, 0.3) is 0 Å². The van der Waals surface area contributed by atoms with Gasteiger partial charge in [-0.25, -0.2) is 0 Å². The van der Waals surface area contributed by atoms with Crippen LogP contribution in [0.1, 0.15) is 49.7 Å². The molecule has 1 aliphatic rings. The van der Waals surface area contributed by atoms with E-state index < -0.39 is 11.7 Å². The molecule has 2 rings (SSSR count). The Morgan fingerprint density at radius 2 is 1.90 bits per heavy atom. The normalized spacial score (nSPS) is 22.9. The molecule has 21 heavy (non-hydrogen) atoms. The van der Waals surface area contributed by atoms with E-state index in [0.717, 1.165) is 18.9 Å². The van der Waals surface area contributed by atoms with Gasteiger partial charge in [0.05, 0.1) is 18.1 Å². The Bertz CT molecular complexity index is 489. The highest BCUT2D eigenvalue weighted by Crippen LogP contribution is 2.38. The van der Waals surface area contributed by atoms with E-state index in [0.29, 0.717) is 25.0 Å². The number of carbonyl (C=O) groups is 1. The van der Waals surface area contributed by atoms with Gasteiger partial charge in [0, 0.05) is 0 Å². The summed E-state index contributed by atoms with van der Waals surface area (Å²) in [7, 11) is 0. The standard InChI is InChI=1S/C16H19F3O2/c1-2-21-15(20)12-8-6-11(7-9-12)13-4-3-5-14(10-13)16(17,18)19/h3-5,10-12H,2,6-9H2,1H3. The van der Waals surface area contributed by atoms with Crippen LogP contribution in [0.5, 0.6) is 0 Å². The molecule has 0 atom stereocenters. The van der Waals surface area contributed by atoms with Crippen molar-refractivity contribution >= 4 is 5.97 Å². The average molecular weight is 300 g/mol. The van der Waals surface area contributed by atoms with Gasteiger partial charge in [0.2, 0.25) is 0 Å². The molecule has 0 spiro atoms. The van der Waals surface area contributed by atoms with Crippen LogP contribution < -0.4 is 0 Å². The third-order valence-electron chi connectivity index (χ3n) is 4.03. The zero-order valence-corrected chi connectivity index (χ0v) is 12.0. The maximum atomic E-state index is 12.7. The van der Waals surface area contributed by atoms with Gasteiger partial charge >= 0.3 is 12.1 Å². The first-order valence-corrected chi connectivity index (χ1v) is 7.25. The van der Waals surface area contributed by atoms with E-state index in [1.165, 1.54) is 12.1 Å². The highest BCUT2D eigenvalue weighted by Gasteiger charge is 2.32. The fourth-order valence-corrected chi connectivity index (χ4v) is 2.89. The first kappa shape index (κ1) is 15.9. The molecule has 1 fully saturated rings. The van der Waals surface area contributed by atoms with Gasteiger partial charge in [-0.05, 0) is 50.2 Å². The number of rotatable bonds is 3. The summed E-state index contributed by atoms with van der Waals surface area (Å²) in [5.74, 6) is -0.190. The van der Waals surface area contributed by atoms with Crippen LogP contribution in [0.15, 0.2) is 24.3 Å². The summed E-state index contributed by atoms with van der Waals surface area (Å²) >= 11 is 0. The SMILES string of the molecule is CCOC(=O)C1CCC(c2cccc(C(F)(F)F)c2)CC1. The summed E-state index contributed by atoms with van der Waals surface area (Å²) in [6.45, 7) is 2.14. The molecular weight excluding hydrogens is 281 g/mol. The first-order chi connectivity index (χ1) is 9.91. The summed E-state index contributed by atoms with van der Waals surface area (Å²) in [5.41, 5.74) is 0.111. The summed E-state index contributed by atoms with van der Waals surface area (Å²) in [5, 5.41) is 0. The highest BCUT2D eigenvalue weighted by atomic mass is 19.4. The smallest absolute Gasteiger partial charge is 0.416 e. The van der Waals surface area contributed by atoms with Crippen molar-refractivity contribution in [1.82, 2.24) is 0 Å². The summed E-state index contributed by atoms with van der Waals surface area (Å²) in [6, 6.07) is 5.52. The summed E-state index contributed by atoms with van der Waals surface area (Å²) < 4.78 is 43.2. The Morgan fingerprint density at radius 3 is 2.48 bits per heavy atom. The second kappa shape index (κ2) is 6.50. The van der Waals surface area contributed by atoms with Gasteiger partial charge in [-0.3, -0.25) is 4.79 Å². The van der Waals surface area contributed by atoms with Gasteiger partial charge < -0.3 is 4.74 Å². The van der Waals surface area contributed by atoms with Crippen molar-refractivity contribution in [3.8, 4) is 0 Å². The van der Waals surface area contributed by atoms with Crippen molar-refractivity contribution in [3.05, 3.63) is 35.4 Å². The van der Waals surface area contributed by atoms with Gasteiger partial charge in [-0.2, -0.15) is 13.2 Å². The Morgan fingerprint density at radius 1 is 1.24 bits per heavy atom. The van der Waals surface area contributed by atoms with Gasteiger partial charge in [0.1, 0.15) is 0 Å².